The number of aromatic nitrogens is 1. The molecule has 6 heteroatoms. The zero-order valence-electron chi connectivity index (χ0n) is 10.00. The van der Waals surface area contributed by atoms with Crippen molar-refractivity contribution in [3.63, 3.8) is 0 Å². The highest BCUT2D eigenvalue weighted by molar-refractivity contribution is 7.07. The second-order valence-corrected chi connectivity index (χ2v) is 5.10. The Morgan fingerprint density at radius 2 is 2.16 bits per heavy atom. The molecule has 2 heterocycles. The molecule has 3 rings (SSSR count). The van der Waals surface area contributed by atoms with Crippen LogP contribution in [0.4, 0.5) is 5.69 Å². The fraction of sp³-hybridized carbons (Fsp3) is 0.154. The van der Waals surface area contributed by atoms with Crippen LogP contribution in [-0.4, -0.2) is 17.0 Å². The van der Waals surface area contributed by atoms with E-state index in [9.17, 15) is 9.59 Å². The summed E-state index contributed by atoms with van der Waals surface area (Å²) in [6.07, 6.45) is 1.33. The van der Waals surface area contributed by atoms with Crippen LogP contribution >= 0.6 is 11.3 Å². The molecule has 0 fully saturated rings. The summed E-state index contributed by atoms with van der Waals surface area (Å²) in [5, 5.41) is 2.72. The average molecular weight is 273 g/mol. The van der Waals surface area contributed by atoms with E-state index in [4.69, 9.17) is 0 Å². The molecule has 1 aliphatic rings. The minimum Gasteiger partial charge on any atom is -0.322 e. The number of para-hydroxylation sites is 1. The Labute approximate surface area is 112 Å². The Morgan fingerprint density at radius 3 is 2.89 bits per heavy atom. The van der Waals surface area contributed by atoms with E-state index < -0.39 is 0 Å². The summed E-state index contributed by atoms with van der Waals surface area (Å²) >= 11 is 1.25. The van der Waals surface area contributed by atoms with E-state index in [1.165, 1.54) is 17.4 Å². The van der Waals surface area contributed by atoms with Gasteiger partial charge in [0.25, 0.3) is 5.56 Å². The van der Waals surface area contributed by atoms with Crippen molar-refractivity contribution in [1.82, 2.24) is 4.57 Å². The van der Waals surface area contributed by atoms with Gasteiger partial charge in [0.05, 0.1) is 6.54 Å². The van der Waals surface area contributed by atoms with Gasteiger partial charge in [0.15, 0.2) is 4.80 Å². The lowest BCUT2D eigenvalue weighted by molar-refractivity contribution is -0.110. The van der Waals surface area contributed by atoms with Gasteiger partial charge in [0.2, 0.25) is 5.91 Å². The molecule has 1 N–H and O–H groups in total. The van der Waals surface area contributed by atoms with Gasteiger partial charge < -0.3 is 5.32 Å². The smallest absolute Gasteiger partial charge is 0.270 e. The lowest BCUT2D eigenvalue weighted by Crippen LogP contribution is -2.30. The van der Waals surface area contributed by atoms with Crippen LogP contribution < -0.4 is 20.2 Å². The number of carbonyl (C=O) groups excluding carboxylic acids is 1. The van der Waals surface area contributed by atoms with Crippen molar-refractivity contribution in [1.29, 1.82) is 0 Å². The van der Waals surface area contributed by atoms with E-state index >= 15 is 0 Å². The standard InChI is InChI=1S/C13H11N3O2S/c17-11(15-9-4-2-1-3-5-9)8-10-12(18)16-7-6-14-13(16)19-10/h1-5,8H,6-7H2,(H,15,17)/b10-8+. The molecule has 0 atom stereocenters. The predicted molar refractivity (Wildman–Crippen MR) is 73.8 cm³/mol. The first kappa shape index (κ1) is 11.9. The van der Waals surface area contributed by atoms with Crippen LogP contribution in [0.15, 0.2) is 40.1 Å². The number of thiazole rings is 1. The first-order valence-electron chi connectivity index (χ1n) is 5.86. The molecular weight excluding hydrogens is 262 g/mol. The molecule has 2 aromatic rings. The SMILES string of the molecule is O=C(/C=c1/sc2n(c1=O)CCN=2)Nc1ccccc1. The van der Waals surface area contributed by atoms with Gasteiger partial charge in [0, 0.05) is 18.3 Å². The van der Waals surface area contributed by atoms with E-state index in [1.807, 2.05) is 18.2 Å². The molecule has 0 unspecified atom stereocenters. The number of benzene rings is 1. The molecule has 0 saturated carbocycles. The maximum absolute atomic E-state index is 12.0. The molecule has 19 heavy (non-hydrogen) atoms. The lowest BCUT2D eigenvalue weighted by Gasteiger charge is -1.99. The first-order valence-corrected chi connectivity index (χ1v) is 6.67. The third-order valence-electron chi connectivity index (χ3n) is 2.76. The number of rotatable bonds is 2. The molecule has 1 aliphatic heterocycles. The van der Waals surface area contributed by atoms with Gasteiger partial charge in [-0.15, -0.1) is 0 Å². The molecule has 1 aromatic heterocycles. The van der Waals surface area contributed by atoms with Crippen LogP contribution in [0.2, 0.25) is 0 Å². The highest BCUT2D eigenvalue weighted by Gasteiger charge is 2.10. The number of nitrogens with one attached hydrogen (secondary N) is 1. The minimum atomic E-state index is -0.302. The van der Waals surface area contributed by atoms with Crippen LogP contribution in [0.3, 0.4) is 0 Å². The number of hydrogen-bond acceptors (Lipinski definition) is 4. The number of fused-ring (bicyclic) bond motifs is 1. The van der Waals surface area contributed by atoms with Crippen molar-refractivity contribution in [3.8, 4) is 0 Å². The summed E-state index contributed by atoms with van der Waals surface area (Å²) in [6, 6.07) is 9.13. The van der Waals surface area contributed by atoms with E-state index in [0.29, 0.717) is 28.1 Å². The molecule has 5 nitrogen and oxygen atoms in total. The Kier molecular flexibility index (Phi) is 3.00. The molecule has 0 spiro atoms. The van der Waals surface area contributed by atoms with Gasteiger partial charge in [-0.05, 0) is 12.1 Å². The van der Waals surface area contributed by atoms with E-state index in [1.54, 1.807) is 16.7 Å². The van der Waals surface area contributed by atoms with Gasteiger partial charge in [-0.25, -0.2) is 0 Å². The van der Waals surface area contributed by atoms with Gasteiger partial charge in [-0.1, -0.05) is 29.5 Å². The maximum atomic E-state index is 12.0. The Balaban J connectivity index is 1.90. The Bertz CT molecular complexity index is 790. The van der Waals surface area contributed by atoms with Crippen molar-refractivity contribution < 1.29 is 4.79 Å². The fourth-order valence-corrected chi connectivity index (χ4v) is 2.89. The number of hydrogen-bond donors (Lipinski definition) is 1. The van der Waals surface area contributed by atoms with Crippen LogP contribution in [0.1, 0.15) is 0 Å². The molecule has 0 radical (unpaired) electrons. The lowest BCUT2D eigenvalue weighted by atomic mass is 10.3. The molecule has 1 aromatic carbocycles. The monoisotopic (exact) mass is 273 g/mol. The summed E-state index contributed by atoms with van der Waals surface area (Å²) in [5.74, 6) is -0.302. The summed E-state index contributed by atoms with van der Waals surface area (Å²) in [5.41, 5.74) is 0.571. The minimum absolute atomic E-state index is 0.135. The maximum Gasteiger partial charge on any atom is 0.270 e. The van der Waals surface area contributed by atoms with Crippen molar-refractivity contribution in [2.75, 3.05) is 11.9 Å². The van der Waals surface area contributed by atoms with Crippen molar-refractivity contribution in [2.45, 2.75) is 6.54 Å². The fourth-order valence-electron chi connectivity index (χ4n) is 1.89. The topological polar surface area (TPSA) is 63.5 Å². The van der Waals surface area contributed by atoms with Gasteiger partial charge in [0.1, 0.15) is 4.53 Å². The third-order valence-corrected chi connectivity index (χ3v) is 3.81. The third kappa shape index (κ3) is 2.34. The number of nitrogens with zero attached hydrogens (tertiary/aromatic N) is 2. The number of carbonyl (C=O) groups is 1. The van der Waals surface area contributed by atoms with E-state index in [2.05, 4.69) is 10.3 Å². The molecule has 0 bridgehead atoms. The zero-order valence-corrected chi connectivity index (χ0v) is 10.8. The summed E-state index contributed by atoms with van der Waals surface area (Å²) in [4.78, 5) is 28.7. The average Bonchev–Trinajstić information content (AvgIpc) is 2.96. The number of amides is 1. The second-order valence-electron chi connectivity index (χ2n) is 4.09. The van der Waals surface area contributed by atoms with E-state index in [-0.39, 0.29) is 11.5 Å². The Morgan fingerprint density at radius 1 is 1.37 bits per heavy atom. The quantitative estimate of drug-likeness (QED) is 0.834. The molecule has 96 valence electrons. The summed E-state index contributed by atoms with van der Waals surface area (Å²) in [7, 11) is 0. The highest BCUT2D eigenvalue weighted by Crippen LogP contribution is 2.04. The summed E-state index contributed by atoms with van der Waals surface area (Å²) < 4.78 is 2.03. The highest BCUT2D eigenvalue weighted by atomic mass is 32.1. The van der Waals surface area contributed by atoms with Crippen LogP contribution in [0.25, 0.3) is 6.08 Å². The normalized spacial score (nSPS) is 14.0. The van der Waals surface area contributed by atoms with Crippen LogP contribution in [0.5, 0.6) is 0 Å². The van der Waals surface area contributed by atoms with Crippen molar-refractivity contribution in [2.24, 2.45) is 4.99 Å². The summed E-state index contributed by atoms with van der Waals surface area (Å²) in [6.45, 7) is 1.26. The molecular formula is C13H11N3O2S. The zero-order chi connectivity index (χ0) is 13.2. The second kappa shape index (κ2) is 4.81. The Hall–Kier alpha value is -2.21. The van der Waals surface area contributed by atoms with E-state index in [0.717, 1.165) is 0 Å². The van der Waals surface area contributed by atoms with Crippen molar-refractivity contribution >= 4 is 29.0 Å². The number of anilines is 1. The van der Waals surface area contributed by atoms with Gasteiger partial charge in [-0.3, -0.25) is 19.1 Å². The molecule has 1 amide bonds. The molecule has 0 aliphatic carbocycles. The largest absolute Gasteiger partial charge is 0.322 e. The van der Waals surface area contributed by atoms with Crippen LogP contribution in [-0.2, 0) is 11.3 Å². The first-order chi connectivity index (χ1) is 9.24. The van der Waals surface area contributed by atoms with Gasteiger partial charge >= 0.3 is 0 Å². The van der Waals surface area contributed by atoms with Crippen LogP contribution in [0, 0.1) is 0 Å². The van der Waals surface area contributed by atoms with Gasteiger partial charge in [-0.2, -0.15) is 0 Å². The predicted octanol–water partition coefficient (Wildman–Crippen LogP) is -0.0378. The molecule has 0 saturated heterocycles. The van der Waals surface area contributed by atoms with Crippen molar-refractivity contribution in [3.05, 3.63) is 50.0 Å².